The van der Waals surface area contributed by atoms with Gasteiger partial charge in [-0.3, -0.25) is 9.59 Å². The van der Waals surface area contributed by atoms with Gasteiger partial charge in [-0.05, 0) is 36.6 Å². The number of likely N-dealkylation sites (tertiary alicyclic amines) is 1. The van der Waals surface area contributed by atoms with Crippen LogP contribution in [0, 0.1) is 0 Å². The van der Waals surface area contributed by atoms with Crippen LogP contribution < -0.4 is 9.64 Å². The van der Waals surface area contributed by atoms with Crippen molar-refractivity contribution in [3.05, 3.63) is 48.3 Å². The molecule has 2 aliphatic rings. The Morgan fingerprint density at radius 2 is 1.87 bits per heavy atom. The van der Waals surface area contributed by atoms with Gasteiger partial charge in [0, 0.05) is 51.5 Å². The highest BCUT2D eigenvalue weighted by atomic mass is 16.5. The molecule has 0 aliphatic carbocycles. The normalized spacial score (nSPS) is 19.8. The first kappa shape index (κ1) is 21.1. The van der Waals surface area contributed by atoms with E-state index < -0.39 is 6.04 Å². The molecule has 8 heteroatoms. The van der Waals surface area contributed by atoms with Gasteiger partial charge in [-0.1, -0.05) is 18.6 Å². The van der Waals surface area contributed by atoms with Crippen LogP contribution in [0.5, 0.6) is 5.75 Å². The van der Waals surface area contributed by atoms with E-state index in [0.717, 1.165) is 24.2 Å². The van der Waals surface area contributed by atoms with Gasteiger partial charge in [0.2, 0.25) is 17.8 Å². The van der Waals surface area contributed by atoms with Crippen LogP contribution in [0.3, 0.4) is 0 Å². The summed E-state index contributed by atoms with van der Waals surface area (Å²) in [6.07, 6.45) is 6.37. The fourth-order valence-corrected chi connectivity index (χ4v) is 4.30. The predicted molar refractivity (Wildman–Crippen MR) is 117 cm³/mol. The van der Waals surface area contributed by atoms with Crippen LogP contribution in [-0.2, 0) is 16.1 Å². The van der Waals surface area contributed by atoms with Gasteiger partial charge in [0.15, 0.2) is 0 Å². The standard InChI is InChI=1S/C23H29N5O3/c1-31-19-7-4-6-18(16-19)17-28-20(8-2-3-9-21(28)29)22(30)26-12-14-27(15-13-26)23-24-10-5-11-25-23/h4-7,10-11,16,20H,2-3,8-9,12-15,17H2,1H3. The van der Waals surface area contributed by atoms with Crippen LogP contribution in [0.15, 0.2) is 42.7 Å². The summed E-state index contributed by atoms with van der Waals surface area (Å²) in [5, 5.41) is 0. The molecule has 1 aromatic carbocycles. The third-order valence-corrected chi connectivity index (χ3v) is 6.01. The first-order valence-corrected chi connectivity index (χ1v) is 10.9. The molecule has 2 fully saturated rings. The molecule has 31 heavy (non-hydrogen) atoms. The number of hydrogen-bond donors (Lipinski definition) is 0. The van der Waals surface area contributed by atoms with E-state index in [1.165, 1.54) is 0 Å². The van der Waals surface area contributed by atoms with Gasteiger partial charge < -0.3 is 19.4 Å². The number of anilines is 1. The quantitative estimate of drug-likeness (QED) is 0.733. The molecule has 0 N–H and O–H groups in total. The minimum atomic E-state index is -0.416. The maximum Gasteiger partial charge on any atom is 0.245 e. The molecule has 0 radical (unpaired) electrons. The van der Waals surface area contributed by atoms with Gasteiger partial charge in [0.25, 0.3) is 0 Å². The lowest BCUT2D eigenvalue weighted by Crippen LogP contribution is -2.55. The zero-order valence-electron chi connectivity index (χ0n) is 17.9. The fraction of sp³-hybridized carbons (Fsp3) is 0.478. The van der Waals surface area contributed by atoms with Gasteiger partial charge in [-0.15, -0.1) is 0 Å². The molecule has 2 amide bonds. The van der Waals surface area contributed by atoms with Crippen molar-refractivity contribution in [2.45, 2.75) is 38.3 Å². The average molecular weight is 424 g/mol. The zero-order chi connectivity index (χ0) is 21.6. The van der Waals surface area contributed by atoms with E-state index in [0.29, 0.717) is 51.5 Å². The number of ether oxygens (including phenoxy) is 1. The highest BCUT2D eigenvalue weighted by Crippen LogP contribution is 2.24. The molecule has 1 aromatic heterocycles. The Labute approximate surface area is 182 Å². The molecular weight excluding hydrogens is 394 g/mol. The lowest BCUT2D eigenvalue weighted by Gasteiger charge is -2.38. The van der Waals surface area contributed by atoms with Gasteiger partial charge in [0.1, 0.15) is 11.8 Å². The molecule has 0 bridgehead atoms. The predicted octanol–water partition coefficient (Wildman–Crippen LogP) is 2.11. The van der Waals surface area contributed by atoms with E-state index in [-0.39, 0.29) is 11.8 Å². The van der Waals surface area contributed by atoms with Crippen LogP contribution >= 0.6 is 0 Å². The molecule has 164 valence electrons. The minimum Gasteiger partial charge on any atom is -0.497 e. The highest BCUT2D eigenvalue weighted by Gasteiger charge is 2.35. The number of carbonyl (C=O) groups is 2. The van der Waals surface area contributed by atoms with Crippen LogP contribution in [0.4, 0.5) is 5.95 Å². The van der Waals surface area contributed by atoms with E-state index in [2.05, 4.69) is 14.9 Å². The van der Waals surface area contributed by atoms with Crippen molar-refractivity contribution in [2.24, 2.45) is 0 Å². The van der Waals surface area contributed by atoms with Crippen molar-refractivity contribution < 1.29 is 14.3 Å². The molecule has 8 nitrogen and oxygen atoms in total. The summed E-state index contributed by atoms with van der Waals surface area (Å²) in [6.45, 7) is 3.01. The van der Waals surface area contributed by atoms with E-state index >= 15 is 0 Å². The number of methoxy groups -OCH3 is 1. The Hall–Kier alpha value is -3.16. The van der Waals surface area contributed by atoms with Crippen molar-refractivity contribution >= 4 is 17.8 Å². The summed E-state index contributed by atoms with van der Waals surface area (Å²) in [4.78, 5) is 40.8. The largest absolute Gasteiger partial charge is 0.497 e. The highest BCUT2D eigenvalue weighted by molar-refractivity contribution is 5.88. The van der Waals surface area contributed by atoms with Gasteiger partial charge >= 0.3 is 0 Å². The molecule has 1 atom stereocenters. The van der Waals surface area contributed by atoms with Crippen molar-refractivity contribution in [1.82, 2.24) is 19.8 Å². The molecule has 4 rings (SSSR count). The van der Waals surface area contributed by atoms with Gasteiger partial charge in [-0.2, -0.15) is 0 Å². The summed E-state index contributed by atoms with van der Waals surface area (Å²) in [5.74, 6) is 1.54. The summed E-state index contributed by atoms with van der Waals surface area (Å²) >= 11 is 0. The monoisotopic (exact) mass is 423 g/mol. The number of aromatic nitrogens is 2. The molecule has 3 heterocycles. The van der Waals surface area contributed by atoms with Crippen LogP contribution in [-0.4, -0.2) is 70.9 Å². The second kappa shape index (κ2) is 9.76. The topological polar surface area (TPSA) is 78.9 Å². The molecule has 2 saturated heterocycles. The van der Waals surface area contributed by atoms with Crippen LogP contribution in [0.2, 0.25) is 0 Å². The van der Waals surface area contributed by atoms with Gasteiger partial charge in [-0.25, -0.2) is 9.97 Å². The Bertz CT molecular complexity index is 899. The molecule has 2 aliphatic heterocycles. The van der Waals surface area contributed by atoms with Crippen LogP contribution in [0.1, 0.15) is 31.2 Å². The lowest BCUT2D eigenvalue weighted by atomic mass is 10.1. The molecule has 2 aromatic rings. The number of rotatable bonds is 5. The smallest absolute Gasteiger partial charge is 0.245 e. The Balaban J connectivity index is 1.46. The Morgan fingerprint density at radius 1 is 1.10 bits per heavy atom. The van der Waals surface area contributed by atoms with Crippen molar-refractivity contribution in [3.63, 3.8) is 0 Å². The third-order valence-electron chi connectivity index (χ3n) is 6.01. The number of amides is 2. The van der Waals surface area contributed by atoms with Crippen molar-refractivity contribution in [2.75, 3.05) is 38.2 Å². The summed E-state index contributed by atoms with van der Waals surface area (Å²) in [7, 11) is 1.63. The average Bonchev–Trinajstić information content (AvgIpc) is 3.01. The maximum atomic E-state index is 13.5. The zero-order valence-corrected chi connectivity index (χ0v) is 17.9. The van der Waals surface area contributed by atoms with E-state index in [4.69, 9.17) is 4.74 Å². The van der Waals surface area contributed by atoms with E-state index in [1.807, 2.05) is 29.2 Å². The lowest BCUT2D eigenvalue weighted by molar-refractivity contribution is -0.146. The summed E-state index contributed by atoms with van der Waals surface area (Å²) in [5.41, 5.74) is 0.971. The van der Waals surface area contributed by atoms with Crippen molar-refractivity contribution in [3.8, 4) is 5.75 Å². The number of nitrogens with zero attached hydrogens (tertiary/aromatic N) is 5. The SMILES string of the molecule is COc1cccc(CN2C(=O)CCCCC2C(=O)N2CCN(c3ncccn3)CC2)c1. The number of carbonyl (C=O) groups excluding carboxylic acids is 2. The number of benzene rings is 1. The molecule has 0 saturated carbocycles. The maximum absolute atomic E-state index is 13.5. The summed E-state index contributed by atoms with van der Waals surface area (Å²) < 4.78 is 5.32. The fourth-order valence-electron chi connectivity index (χ4n) is 4.30. The second-order valence-electron chi connectivity index (χ2n) is 8.00. The molecule has 1 unspecified atom stereocenters. The first-order valence-electron chi connectivity index (χ1n) is 10.9. The van der Waals surface area contributed by atoms with Crippen LogP contribution in [0.25, 0.3) is 0 Å². The minimum absolute atomic E-state index is 0.0479. The molecular formula is C23H29N5O3. The number of hydrogen-bond acceptors (Lipinski definition) is 6. The Kier molecular flexibility index (Phi) is 6.64. The first-order chi connectivity index (χ1) is 15.2. The summed E-state index contributed by atoms with van der Waals surface area (Å²) in [6, 6.07) is 9.08. The van der Waals surface area contributed by atoms with Crippen molar-refractivity contribution in [1.29, 1.82) is 0 Å². The van der Waals surface area contributed by atoms with Gasteiger partial charge in [0.05, 0.1) is 7.11 Å². The van der Waals surface area contributed by atoms with E-state index in [1.54, 1.807) is 30.5 Å². The van der Waals surface area contributed by atoms with E-state index in [9.17, 15) is 9.59 Å². The number of piperazine rings is 1. The third kappa shape index (κ3) is 4.95. The second-order valence-corrected chi connectivity index (χ2v) is 8.00. The molecule has 0 spiro atoms. The Morgan fingerprint density at radius 3 is 2.61 bits per heavy atom.